The van der Waals surface area contributed by atoms with E-state index in [0.29, 0.717) is 18.0 Å². The van der Waals surface area contributed by atoms with Crippen LogP contribution in [-0.2, 0) is 17.8 Å². The minimum Gasteiger partial charge on any atom is -0.352 e. The van der Waals surface area contributed by atoms with Gasteiger partial charge >= 0.3 is 0 Å². The Morgan fingerprint density at radius 1 is 1.15 bits per heavy atom. The Balaban J connectivity index is 1.48. The summed E-state index contributed by atoms with van der Waals surface area (Å²) in [5.41, 5.74) is 3.81. The second-order valence-electron chi connectivity index (χ2n) is 5.82. The molecule has 0 aliphatic heterocycles. The van der Waals surface area contributed by atoms with Gasteiger partial charge in [0.25, 0.3) is 0 Å². The van der Waals surface area contributed by atoms with Gasteiger partial charge in [-0.2, -0.15) is 0 Å². The number of carbonyl (C=O) groups is 1. The Kier molecular flexibility index (Phi) is 4.69. The molecule has 3 heterocycles. The molecule has 1 aromatic carbocycles. The first-order chi connectivity index (χ1) is 12.7. The number of thiazole rings is 1. The number of aromatic nitrogens is 3. The van der Waals surface area contributed by atoms with Crippen molar-refractivity contribution in [2.24, 2.45) is 0 Å². The first kappa shape index (κ1) is 16.8. The molecule has 130 valence electrons. The van der Waals surface area contributed by atoms with Gasteiger partial charge in [0.2, 0.25) is 5.91 Å². The van der Waals surface area contributed by atoms with Gasteiger partial charge in [0.1, 0.15) is 0 Å². The molecule has 7 heteroatoms. The highest BCUT2D eigenvalue weighted by molar-refractivity contribution is 7.15. The zero-order valence-corrected chi connectivity index (χ0v) is 15.3. The van der Waals surface area contributed by atoms with Crippen LogP contribution in [0, 0.1) is 0 Å². The number of rotatable bonds is 5. The standard InChI is InChI=1S/C19H15ClN4OS/c20-15-3-1-14(2-4-15)17-11-24-16(12-26-19(24)23-17)9-18(25)22-10-13-5-7-21-8-6-13/h1-8,11-12H,9-10H2,(H,22,25). The van der Waals surface area contributed by atoms with Crippen LogP contribution in [0.1, 0.15) is 11.3 Å². The Hall–Kier alpha value is -2.70. The molecule has 0 saturated heterocycles. The quantitative estimate of drug-likeness (QED) is 0.568. The van der Waals surface area contributed by atoms with E-state index in [1.807, 2.05) is 52.4 Å². The van der Waals surface area contributed by atoms with Crippen molar-refractivity contribution in [2.45, 2.75) is 13.0 Å². The first-order valence-electron chi connectivity index (χ1n) is 8.06. The predicted molar refractivity (Wildman–Crippen MR) is 103 cm³/mol. The second-order valence-corrected chi connectivity index (χ2v) is 7.09. The number of nitrogens with zero attached hydrogens (tertiary/aromatic N) is 3. The average molecular weight is 383 g/mol. The molecule has 3 aromatic heterocycles. The number of pyridine rings is 1. The third-order valence-electron chi connectivity index (χ3n) is 4.00. The monoisotopic (exact) mass is 382 g/mol. The molecule has 5 nitrogen and oxygen atoms in total. The van der Waals surface area contributed by atoms with Gasteiger partial charge < -0.3 is 5.32 Å². The zero-order valence-electron chi connectivity index (χ0n) is 13.7. The van der Waals surface area contributed by atoms with E-state index >= 15 is 0 Å². The molecule has 0 radical (unpaired) electrons. The fraction of sp³-hybridized carbons (Fsp3) is 0.105. The lowest BCUT2D eigenvalue weighted by Crippen LogP contribution is -2.24. The third-order valence-corrected chi connectivity index (χ3v) is 5.14. The molecule has 1 N–H and O–H groups in total. The molecule has 0 fully saturated rings. The molecule has 0 aliphatic carbocycles. The van der Waals surface area contributed by atoms with Crippen LogP contribution in [0.5, 0.6) is 0 Å². The van der Waals surface area contributed by atoms with E-state index in [4.69, 9.17) is 11.6 Å². The van der Waals surface area contributed by atoms with Crippen molar-refractivity contribution in [3.63, 3.8) is 0 Å². The number of nitrogens with one attached hydrogen (secondary N) is 1. The van der Waals surface area contributed by atoms with E-state index in [1.165, 1.54) is 11.3 Å². The van der Waals surface area contributed by atoms with Crippen molar-refractivity contribution >= 4 is 33.8 Å². The highest BCUT2D eigenvalue weighted by Gasteiger charge is 2.12. The molecule has 0 spiro atoms. The fourth-order valence-electron chi connectivity index (χ4n) is 2.64. The summed E-state index contributed by atoms with van der Waals surface area (Å²) in [7, 11) is 0. The largest absolute Gasteiger partial charge is 0.352 e. The summed E-state index contributed by atoms with van der Waals surface area (Å²) in [6, 6.07) is 11.3. The van der Waals surface area contributed by atoms with Gasteiger partial charge in [-0.15, -0.1) is 11.3 Å². The normalized spacial score (nSPS) is 11.0. The van der Waals surface area contributed by atoms with E-state index in [9.17, 15) is 4.79 Å². The molecule has 0 saturated carbocycles. The number of fused-ring (bicyclic) bond motifs is 1. The summed E-state index contributed by atoms with van der Waals surface area (Å²) in [6.07, 6.45) is 5.70. The van der Waals surface area contributed by atoms with E-state index in [1.54, 1.807) is 12.4 Å². The van der Waals surface area contributed by atoms with Gasteiger partial charge in [0, 0.05) is 46.8 Å². The van der Waals surface area contributed by atoms with Crippen molar-refractivity contribution < 1.29 is 4.79 Å². The predicted octanol–water partition coefficient (Wildman–Crippen LogP) is 3.97. The van der Waals surface area contributed by atoms with Crippen molar-refractivity contribution in [1.29, 1.82) is 0 Å². The van der Waals surface area contributed by atoms with E-state index < -0.39 is 0 Å². The van der Waals surface area contributed by atoms with Crippen LogP contribution in [0.15, 0.2) is 60.4 Å². The van der Waals surface area contributed by atoms with Gasteiger partial charge in [-0.3, -0.25) is 14.2 Å². The number of amides is 1. The average Bonchev–Trinajstić information content (AvgIpc) is 3.24. The molecule has 4 aromatic rings. The van der Waals surface area contributed by atoms with Gasteiger partial charge in [-0.05, 0) is 29.8 Å². The number of imidazole rings is 1. The number of hydrogen-bond acceptors (Lipinski definition) is 4. The fourth-order valence-corrected chi connectivity index (χ4v) is 3.64. The molecular formula is C19H15ClN4OS. The van der Waals surface area contributed by atoms with Crippen molar-refractivity contribution in [3.8, 4) is 11.3 Å². The Morgan fingerprint density at radius 2 is 1.92 bits per heavy atom. The molecular weight excluding hydrogens is 368 g/mol. The Bertz CT molecular complexity index is 1040. The van der Waals surface area contributed by atoms with E-state index in [2.05, 4.69) is 15.3 Å². The van der Waals surface area contributed by atoms with Crippen LogP contribution in [0.3, 0.4) is 0 Å². The van der Waals surface area contributed by atoms with Crippen LogP contribution in [0.25, 0.3) is 16.2 Å². The molecule has 0 aliphatic rings. The number of carbonyl (C=O) groups excluding carboxylic acids is 1. The van der Waals surface area contributed by atoms with Gasteiger partial charge in [-0.25, -0.2) is 4.98 Å². The van der Waals surface area contributed by atoms with Crippen LogP contribution >= 0.6 is 22.9 Å². The molecule has 0 bridgehead atoms. The Labute approximate surface area is 159 Å². The second kappa shape index (κ2) is 7.27. The minimum atomic E-state index is -0.0248. The summed E-state index contributed by atoms with van der Waals surface area (Å²) < 4.78 is 1.97. The van der Waals surface area contributed by atoms with Gasteiger partial charge in [0.05, 0.1) is 12.1 Å². The third kappa shape index (κ3) is 3.61. The summed E-state index contributed by atoms with van der Waals surface area (Å²) in [5.74, 6) is -0.0248. The number of halogens is 1. The SMILES string of the molecule is O=C(Cc1csc2nc(-c3ccc(Cl)cc3)cn12)NCc1ccncc1. The maximum absolute atomic E-state index is 12.3. The number of benzene rings is 1. The van der Waals surface area contributed by atoms with Gasteiger partial charge in [-0.1, -0.05) is 23.7 Å². The van der Waals surface area contributed by atoms with E-state index in [0.717, 1.165) is 27.5 Å². The lowest BCUT2D eigenvalue weighted by atomic mass is 10.2. The maximum atomic E-state index is 12.3. The number of hydrogen-bond donors (Lipinski definition) is 1. The maximum Gasteiger partial charge on any atom is 0.226 e. The lowest BCUT2D eigenvalue weighted by Gasteiger charge is -2.04. The van der Waals surface area contributed by atoms with Crippen LogP contribution in [0.2, 0.25) is 5.02 Å². The molecule has 0 unspecified atom stereocenters. The van der Waals surface area contributed by atoms with Crippen molar-refractivity contribution in [1.82, 2.24) is 19.7 Å². The summed E-state index contributed by atoms with van der Waals surface area (Å²) in [5, 5.41) is 5.60. The smallest absolute Gasteiger partial charge is 0.226 e. The summed E-state index contributed by atoms with van der Waals surface area (Å²) in [4.78, 5) is 21.7. The Morgan fingerprint density at radius 3 is 2.69 bits per heavy atom. The first-order valence-corrected chi connectivity index (χ1v) is 9.32. The minimum absolute atomic E-state index is 0.0248. The van der Waals surface area contributed by atoms with Crippen molar-refractivity contribution in [3.05, 3.63) is 76.6 Å². The highest BCUT2D eigenvalue weighted by Crippen LogP contribution is 2.25. The van der Waals surface area contributed by atoms with Crippen LogP contribution in [-0.4, -0.2) is 20.3 Å². The topological polar surface area (TPSA) is 59.3 Å². The lowest BCUT2D eigenvalue weighted by molar-refractivity contribution is -0.120. The van der Waals surface area contributed by atoms with Crippen LogP contribution < -0.4 is 5.32 Å². The highest BCUT2D eigenvalue weighted by atomic mass is 35.5. The summed E-state index contributed by atoms with van der Waals surface area (Å²) in [6.45, 7) is 0.495. The van der Waals surface area contributed by atoms with E-state index in [-0.39, 0.29) is 5.91 Å². The molecule has 1 amide bonds. The molecule has 0 atom stereocenters. The van der Waals surface area contributed by atoms with Crippen molar-refractivity contribution in [2.75, 3.05) is 0 Å². The van der Waals surface area contributed by atoms with Crippen LogP contribution in [0.4, 0.5) is 0 Å². The summed E-state index contributed by atoms with van der Waals surface area (Å²) >= 11 is 7.47. The van der Waals surface area contributed by atoms with Gasteiger partial charge in [0.15, 0.2) is 4.96 Å². The zero-order chi connectivity index (χ0) is 17.9. The molecule has 4 rings (SSSR count). The molecule has 26 heavy (non-hydrogen) atoms.